The minimum atomic E-state index is -1.38. The second-order valence-electron chi connectivity index (χ2n) is 7.81. The molecule has 2 N–H and O–H groups in total. The molecule has 0 aromatic carbocycles. The molecule has 0 saturated carbocycles. The van der Waals surface area contributed by atoms with Crippen molar-refractivity contribution >= 4 is 31.6 Å². The van der Waals surface area contributed by atoms with Crippen molar-refractivity contribution in [2.75, 3.05) is 12.3 Å². The molecule has 3 aromatic rings. The summed E-state index contributed by atoms with van der Waals surface area (Å²) in [5, 5.41) is 0. The van der Waals surface area contributed by atoms with Crippen molar-refractivity contribution in [1.29, 1.82) is 0 Å². The van der Waals surface area contributed by atoms with Crippen LogP contribution in [0.25, 0.3) is 5.52 Å². The number of anilines is 1. The molecule has 1 atom stereocenters. The van der Waals surface area contributed by atoms with Crippen LogP contribution in [0, 0.1) is 11.8 Å². The number of nitrogens with zero attached hydrogens (tertiary/aromatic N) is 5. The molecule has 1 amide bonds. The van der Waals surface area contributed by atoms with Gasteiger partial charge in [-0.1, -0.05) is 18.1 Å². The van der Waals surface area contributed by atoms with Crippen LogP contribution in [0.3, 0.4) is 0 Å². The van der Waals surface area contributed by atoms with E-state index in [9.17, 15) is 4.79 Å². The smallest absolute Gasteiger partial charge is 0.290 e. The Bertz CT molecular complexity index is 1320. The van der Waals surface area contributed by atoms with E-state index in [0.717, 1.165) is 34.9 Å². The van der Waals surface area contributed by atoms with E-state index in [4.69, 9.17) is 15.5 Å². The average molecular weight is 456 g/mol. The van der Waals surface area contributed by atoms with Gasteiger partial charge in [-0.3, -0.25) is 4.79 Å². The van der Waals surface area contributed by atoms with Crippen LogP contribution in [0.4, 0.5) is 5.82 Å². The fourth-order valence-electron chi connectivity index (χ4n) is 4.27. The van der Waals surface area contributed by atoms with Gasteiger partial charge < -0.3 is 19.4 Å². The monoisotopic (exact) mass is 455 g/mol. The van der Waals surface area contributed by atoms with E-state index in [-0.39, 0.29) is 11.8 Å². The Hall–Kier alpha value is -3.90. The van der Waals surface area contributed by atoms with Gasteiger partial charge in [0.1, 0.15) is 22.5 Å². The third-order valence-corrected chi connectivity index (χ3v) is 8.52. The lowest BCUT2D eigenvalue weighted by molar-refractivity contribution is -0.120. The number of imidazole rings is 1. The quantitative estimate of drug-likeness (QED) is 0.478. The summed E-state index contributed by atoms with van der Waals surface area (Å²) in [5.41, 5.74) is 8.89. The molecule has 1 aliphatic heterocycles. The third kappa shape index (κ3) is 4.01. The normalized spacial score (nSPS) is 18.2. The van der Waals surface area contributed by atoms with Crippen molar-refractivity contribution < 1.29 is 9.53 Å². The second-order valence-corrected chi connectivity index (χ2v) is 10.2. The summed E-state index contributed by atoms with van der Waals surface area (Å²) in [5.74, 6) is 7.06. The van der Waals surface area contributed by atoms with Crippen molar-refractivity contribution in [3.05, 3.63) is 66.5 Å². The zero-order valence-electron chi connectivity index (χ0n) is 18.2. The number of pyridine rings is 1. The molecule has 5 rings (SSSR count). The van der Waals surface area contributed by atoms with Crippen LogP contribution in [-0.2, 0) is 4.79 Å². The van der Waals surface area contributed by atoms with E-state index >= 15 is 0 Å². The number of allylic oxidation sites excluding steroid dienone is 3. The molecule has 4 heterocycles. The number of rotatable bonds is 4. The zero-order valence-corrected chi connectivity index (χ0v) is 19.2. The van der Waals surface area contributed by atoms with Gasteiger partial charge in [-0.2, -0.15) is 0 Å². The molecule has 2 aliphatic rings. The van der Waals surface area contributed by atoms with Gasteiger partial charge in [0.25, 0.3) is 14.9 Å². The molecule has 3 aromatic heterocycles. The van der Waals surface area contributed by atoms with Gasteiger partial charge in [-0.15, -0.1) is 0 Å². The maximum absolute atomic E-state index is 12.6. The number of hydrogen-bond acceptors (Lipinski definition) is 6. The number of carbonyl (C=O) groups is 1. The van der Waals surface area contributed by atoms with Crippen molar-refractivity contribution in [2.24, 2.45) is 0 Å². The number of hydrogen-bond donors (Lipinski definition) is 1. The van der Waals surface area contributed by atoms with Crippen molar-refractivity contribution in [3.63, 3.8) is 0 Å². The fraction of sp³-hybridized carbons (Fsp3) is 0.250. The molecule has 1 saturated heterocycles. The molecule has 0 spiro atoms. The number of nitrogens with two attached hydrogens (primary N) is 1. The maximum atomic E-state index is 12.6. The molecule has 1 fully saturated rings. The molecule has 1 unspecified atom stereocenters. The molecule has 33 heavy (non-hydrogen) atoms. The number of ether oxygens (including phenoxy) is 1. The lowest BCUT2D eigenvalue weighted by Crippen LogP contribution is -2.49. The van der Waals surface area contributed by atoms with Gasteiger partial charge in [-0.25, -0.2) is 15.0 Å². The van der Waals surface area contributed by atoms with Crippen LogP contribution >= 0.6 is 0 Å². The fourth-order valence-corrected chi connectivity index (χ4v) is 6.94. The third-order valence-electron chi connectivity index (χ3n) is 5.74. The van der Waals surface area contributed by atoms with Gasteiger partial charge in [0.05, 0.1) is 5.69 Å². The second kappa shape index (κ2) is 8.92. The van der Waals surface area contributed by atoms with Crippen LogP contribution in [0.1, 0.15) is 31.4 Å². The van der Waals surface area contributed by atoms with E-state index in [1.54, 1.807) is 19.3 Å². The first-order valence-electron chi connectivity index (χ1n) is 10.9. The largest absolute Gasteiger partial charge is 0.439 e. The van der Waals surface area contributed by atoms with E-state index < -0.39 is 8.96 Å². The molecule has 8 nitrogen and oxygen atoms in total. The zero-order chi connectivity index (χ0) is 22.8. The van der Waals surface area contributed by atoms with E-state index in [1.165, 1.54) is 0 Å². The first kappa shape index (κ1) is 21.0. The highest BCUT2D eigenvalue weighted by Crippen LogP contribution is 2.31. The number of fused-ring (bicyclic) bond motifs is 1. The molecular formula is C24H23N6O2Si. The Labute approximate surface area is 193 Å². The van der Waals surface area contributed by atoms with Crippen molar-refractivity contribution in [1.82, 2.24) is 23.9 Å². The highest BCUT2D eigenvalue weighted by atomic mass is 28.3. The molecule has 165 valence electrons. The van der Waals surface area contributed by atoms with E-state index in [2.05, 4.69) is 27.9 Å². The minimum absolute atomic E-state index is 0.0277. The summed E-state index contributed by atoms with van der Waals surface area (Å²) >= 11 is 0. The topological polar surface area (TPSA) is 98.6 Å². The van der Waals surface area contributed by atoms with Gasteiger partial charge >= 0.3 is 0 Å². The lowest BCUT2D eigenvalue weighted by Gasteiger charge is -2.19. The number of amides is 1. The Kier molecular flexibility index (Phi) is 5.67. The highest BCUT2D eigenvalue weighted by molar-refractivity contribution is 6.72. The average Bonchev–Trinajstić information content (AvgIpc) is 3.46. The first-order valence-corrected chi connectivity index (χ1v) is 12.5. The SMILES string of the molecule is CC#CC(=O)N1CCC[Si]1c1nc(C2C=CC(Oc3ccccn3)=CC2)c2c(N)nccn12. The van der Waals surface area contributed by atoms with Crippen LogP contribution < -0.4 is 15.9 Å². The number of carbonyl (C=O) groups excluding carboxylic acids is 1. The van der Waals surface area contributed by atoms with Gasteiger partial charge in [-0.05, 0) is 49.9 Å². The number of aromatic nitrogens is 4. The summed E-state index contributed by atoms with van der Waals surface area (Å²) in [6.07, 6.45) is 13.0. The molecular weight excluding hydrogens is 432 g/mol. The van der Waals surface area contributed by atoms with Gasteiger partial charge in [0.15, 0.2) is 0 Å². The van der Waals surface area contributed by atoms with Crippen LogP contribution in [0.15, 0.2) is 60.8 Å². The summed E-state index contributed by atoms with van der Waals surface area (Å²) < 4.78 is 9.78. The van der Waals surface area contributed by atoms with Gasteiger partial charge in [0, 0.05) is 37.1 Å². The summed E-state index contributed by atoms with van der Waals surface area (Å²) in [6, 6.07) is 6.50. The molecule has 1 radical (unpaired) electrons. The predicted molar refractivity (Wildman–Crippen MR) is 127 cm³/mol. The molecule has 1 aliphatic carbocycles. The Morgan fingerprint density at radius 3 is 2.97 bits per heavy atom. The van der Waals surface area contributed by atoms with Crippen molar-refractivity contribution in [3.8, 4) is 17.7 Å². The van der Waals surface area contributed by atoms with E-state index in [0.29, 0.717) is 24.7 Å². The van der Waals surface area contributed by atoms with Crippen molar-refractivity contribution in [2.45, 2.75) is 31.7 Å². The van der Waals surface area contributed by atoms with Crippen LogP contribution in [0.2, 0.25) is 6.04 Å². The first-order chi connectivity index (χ1) is 16.2. The maximum Gasteiger partial charge on any atom is 0.290 e. The van der Waals surface area contributed by atoms with E-state index in [1.807, 2.05) is 45.5 Å². The summed E-state index contributed by atoms with van der Waals surface area (Å²) in [4.78, 5) is 26.2. The summed E-state index contributed by atoms with van der Waals surface area (Å²) in [6.45, 7) is 2.40. The predicted octanol–water partition coefficient (Wildman–Crippen LogP) is 2.17. The Balaban J connectivity index is 1.47. The number of nitrogen functional groups attached to an aromatic ring is 1. The summed E-state index contributed by atoms with van der Waals surface area (Å²) in [7, 11) is -1.38. The Morgan fingerprint density at radius 2 is 2.21 bits per heavy atom. The standard InChI is InChI=1S/C24H23N6O2Si/c1-2-6-20(31)30-14-5-16-33(30)24-28-21(22-23(25)27-13-15-29(22)24)17-8-10-18(11-9-17)32-19-7-3-4-12-26-19/h3-4,7-8,10-13,15,17H,5,9,14,16H2,1H3,(H2,25,27). The van der Waals surface area contributed by atoms with Crippen LogP contribution in [0.5, 0.6) is 5.88 Å². The Morgan fingerprint density at radius 1 is 1.30 bits per heavy atom. The highest BCUT2D eigenvalue weighted by Gasteiger charge is 2.37. The molecule has 9 heteroatoms. The minimum Gasteiger partial charge on any atom is -0.439 e. The molecule has 0 bridgehead atoms. The van der Waals surface area contributed by atoms with Crippen LogP contribution in [-0.4, -0.2) is 45.3 Å². The van der Waals surface area contributed by atoms with Gasteiger partial charge in [0.2, 0.25) is 5.88 Å². The lowest BCUT2D eigenvalue weighted by atomic mass is 9.96.